The molecule has 1 saturated carbocycles. The second-order valence-electron chi connectivity index (χ2n) is 9.02. The van der Waals surface area contributed by atoms with E-state index in [-0.39, 0.29) is 11.5 Å². The molecule has 0 unspecified atom stereocenters. The average Bonchev–Trinajstić information content (AvgIpc) is 3.10. The normalized spacial score (nSPS) is 29.6. The number of pyridine rings is 1. The molecule has 2 aliphatic heterocycles. The predicted molar refractivity (Wildman–Crippen MR) is 114 cm³/mol. The molecule has 158 valence electrons. The van der Waals surface area contributed by atoms with Gasteiger partial charge in [0.2, 0.25) is 11.9 Å². The van der Waals surface area contributed by atoms with Gasteiger partial charge >= 0.3 is 0 Å². The van der Waals surface area contributed by atoms with Crippen molar-refractivity contribution in [3.05, 3.63) is 36.9 Å². The van der Waals surface area contributed by atoms with E-state index in [0.29, 0.717) is 24.4 Å². The lowest BCUT2D eigenvalue weighted by Gasteiger charge is -2.40. The van der Waals surface area contributed by atoms with Crippen molar-refractivity contribution < 1.29 is 9.90 Å². The summed E-state index contributed by atoms with van der Waals surface area (Å²) < 4.78 is 0. The van der Waals surface area contributed by atoms with E-state index in [0.717, 1.165) is 69.2 Å². The first-order valence-corrected chi connectivity index (χ1v) is 11.1. The van der Waals surface area contributed by atoms with Crippen LogP contribution in [-0.2, 0) is 4.79 Å². The maximum absolute atomic E-state index is 13.5. The molecule has 2 saturated heterocycles. The zero-order valence-electron chi connectivity index (χ0n) is 17.3. The number of aliphatic hydroxyl groups excluding tert-OH is 1. The molecule has 1 spiro atoms. The number of carbonyl (C=O) groups excluding carboxylic acids is 1. The highest BCUT2D eigenvalue weighted by atomic mass is 16.3. The number of piperidine rings is 1. The van der Waals surface area contributed by atoms with E-state index in [4.69, 9.17) is 0 Å². The summed E-state index contributed by atoms with van der Waals surface area (Å²) in [6, 6.07) is 4.20. The van der Waals surface area contributed by atoms with Crippen molar-refractivity contribution >= 4 is 11.9 Å². The van der Waals surface area contributed by atoms with Crippen LogP contribution in [0.1, 0.15) is 44.9 Å². The van der Waals surface area contributed by atoms with Crippen LogP contribution in [0.15, 0.2) is 36.9 Å². The fourth-order valence-electron chi connectivity index (χ4n) is 5.42. The molecule has 4 heterocycles. The summed E-state index contributed by atoms with van der Waals surface area (Å²) in [5.41, 5.74) is 1.71. The maximum Gasteiger partial charge on any atom is 0.230 e. The Labute approximate surface area is 177 Å². The number of hydrogen-bond donors (Lipinski definition) is 1. The van der Waals surface area contributed by atoms with Crippen molar-refractivity contribution in [3.8, 4) is 11.1 Å². The minimum Gasteiger partial charge on any atom is -0.393 e. The second kappa shape index (κ2) is 7.95. The number of likely N-dealkylation sites (tertiary alicyclic amines) is 1. The fraction of sp³-hybridized carbons (Fsp3) is 0.565. The zero-order chi connectivity index (χ0) is 20.6. The van der Waals surface area contributed by atoms with Gasteiger partial charge in [0.25, 0.3) is 0 Å². The Bertz CT molecular complexity index is 882. The van der Waals surface area contributed by atoms with E-state index in [1.807, 2.05) is 24.5 Å². The van der Waals surface area contributed by atoms with Crippen molar-refractivity contribution in [2.45, 2.75) is 57.1 Å². The van der Waals surface area contributed by atoms with Crippen LogP contribution in [0.2, 0.25) is 0 Å². The van der Waals surface area contributed by atoms with Crippen LogP contribution in [0.3, 0.4) is 0 Å². The van der Waals surface area contributed by atoms with Crippen LogP contribution in [0.4, 0.5) is 5.95 Å². The zero-order valence-corrected chi connectivity index (χ0v) is 17.3. The lowest BCUT2D eigenvalue weighted by molar-refractivity contribution is -0.139. The molecule has 7 heteroatoms. The number of carbonyl (C=O) groups is 1. The quantitative estimate of drug-likeness (QED) is 0.842. The Morgan fingerprint density at radius 3 is 2.43 bits per heavy atom. The molecule has 1 amide bonds. The lowest BCUT2D eigenvalue weighted by Crippen LogP contribution is -2.50. The second-order valence-corrected chi connectivity index (χ2v) is 9.02. The largest absolute Gasteiger partial charge is 0.393 e. The van der Waals surface area contributed by atoms with Gasteiger partial charge in [-0.15, -0.1) is 0 Å². The summed E-state index contributed by atoms with van der Waals surface area (Å²) in [6.07, 6.45) is 13.4. The van der Waals surface area contributed by atoms with Gasteiger partial charge in [-0.1, -0.05) is 0 Å². The van der Waals surface area contributed by atoms with Gasteiger partial charge in [0.15, 0.2) is 0 Å². The first-order valence-electron chi connectivity index (χ1n) is 11.1. The number of amides is 1. The van der Waals surface area contributed by atoms with Gasteiger partial charge in [-0.25, -0.2) is 9.97 Å². The third-order valence-electron chi connectivity index (χ3n) is 7.16. The Morgan fingerprint density at radius 2 is 1.70 bits per heavy atom. The summed E-state index contributed by atoms with van der Waals surface area (Å²) in [6.45, 7) is 2.43. The van der Waals surface area contributed by atoms with Gasteiger partial charge in [0.1, 0.15) is 0 Å². The Kier molecular flexibility index (Phi) is 5.15. The van der Waals surface area contributed by atoms with Crippen molar-refractivity contribution in [2.75, 3.05) is 24.5 Å². The van der Waals surface area contributed by atoms with Crippen LogP contribution in [0.25, 0.3) is 11.1 Å². The lowest BCUT2D eigenvalue weighted by atomic mass is 9.78. The number of rotatable bonds is 3. The predicted octanol–water partition coefficient (Wildman–Crippen LogP) is 2.66. The molecular weight excluding hydrogens is 378 g/mol. The summed E-state index contributed by atoms with van der Waals surface area (Å²) in [5.74, 6) is 1.01. The first kappa shape index (κ1) is 19.4. The molecule has 0 bridgehead atoms. The van der Waals surface area contributed by atoms with Crippen LogP contribution < -0.4 is 4.90 Å². The van der Waals surface area contributed by atoms with E-state index < -0.39 is 0 Å². The van der Waals surface area contributed by atoms with E-state index in [1.165, 1.54) is 0 Å². The molecule has 1 atom stereocenters. The van der Waals surface area contributed by atoms with Gasteiger partial charge in [-0.3, -0.25) is 9.78 Å². The van der Waals surface area contributed by atoms with Crippen molar-refractivity contribution in [1.29, 1.82) is 0 Å². The van der Waals surface area contributed by atoms with E-state index in [2.05, 4.69) is 24.8 Å². The third kappa shape index (κ3) is 3.55. The van der Waals surface area contributed by atoms with Gasteiger partial charge in [-0.05, 0) is 62.6 Å². The Morgan fingerprint density at radius 1 is 0.967 bits per heavy atom. The number of nitrogens with zero attached hydrogens (tertiary/aromatic N) is 5. The number of aromatic nitrogens is 3. The molecule has 30 heavy (non-hydrogen) atoms. The van der Waals surface area contributed by atoms with Crippen molar-refractivity contribution in [2.24, 2.45) is 5.41 Å². The minimum atomic E-state index is -0.304. The van der Waals surface area contributed by atoms with Gasteiger partial charge in [0, 0.05) is 56.0 Å². The van der Waals surface area contributed by atoms with Gasteiger partial charge in [-0.2, -0.15) is 0 Å². The first-order chi connectivity index (χ1) is 14.6. The molecule has 0 radical (unpaired) electrons. The Balaban J connectivity index is 1.29. The highest BCUT2D eigenvalue weighted by Gasteiger charge is 2.50. The highest BCUT2D eigenvalue weighted by molar-refractivity contribution is 5.86. The molecule has 7 nitrogen and oxygen atoms in total. The molecule has 2 aromatic rings. The van der Waals surface area contributed by atoms with E-state index in [9.17, 15) is 9.90 Å². The van der Waals surface area contributed by atoms with E-state index in [1.54, 1.807) is 12.4 Å². The summed E-state index contributed by atoms with van der Waals surface area (Å²) in [7, 11) is 0. The van der Waals surface area contributed by atoms with Crippen LogP contribution in [0, 0.1) is 5.41 Å². The van der Waals surface area contributed by atoms with Gasteiger partial charge < -0.3 is 14.9 Å². The molecule has 2 aromatic heterocycles. The number of aliphatic hydroxyl groups is 1. The van der Waals surface area contributed by atoms with Crippen LogP contribution in [0.5, 0.6) is 0 Å². The Hall–Kier alpha value is -2.54. The topological polar surface area (TPSA) is 82.5 Å². The van der Waals surface area contributed by atoms with Crippen molar-refractivity contribution in [3.63, 3.8) is 0 Å². The fourth-order valence-corrected chi connectivity index (χ4v) is 5.42. The summed E-state index contributed by atoms with van der Waals surface area (Å²) in [4.78, 5) is 31.1. The molecule has 1 N–H and O–H groups in total. The summed E-state index contributed by atoms with van der Waals surface area (Å²) >= 11 is 0. The molecule has 0 aromatic carbocycles. The molecule has 1 aliphatic carbocycles. The van der Waals surface area contributed by atoms with Gasteiger partial charge in [0.05, 0.1) is 11.5 Å². The summed E-state index contributed by atoms with van der Waals surface area (Å²) in [5, 5.41) is 9.80. The molecule has 3 fully saturated rings. The molecule has 5 rings (SSSR count). The number of hydrogen-bond acceptors (Lipinski definition) is 6. The minimum absolute atomic E-state index is 0.189. The average molecular weight is 408 g/mol. The standard InChI is InChI=1S/C23H29N5O2/c29-20-4-2-19(3-5-20)28-13-9-23(21(28)30)8-1-12-27(16-23)22-25-14-18(15-26-22)17-6-10-24-11-7-17/h6-7,10-11,14-15,19-20,29H,1-5,8-9,12-13,16H2/t19?,20?,23-/m0/s1. The maximum atomic E-state index is 13.5. The van der Waals surface area contributed by atoms with E-state index >= 15 is 0 Å². The smallest absolute Gasteiger partial charge is 0.230 e. The monoisotopic (exact) mass is 407 g/mol. The van der Waals surface area contributed by atoms with Crippen LogP contribution >= 0.6 is 0 Å². The SMILES string of the molecule is O=C1N(C2CCC(O)CC2)CC[C@]12CCCN(c1ncc(-c3ccncc3)cn1)C2. The number of anilines is 1. The molecular formula is C23H29N5O2. The highest BCUT2D eigenvalue weighted by Crippen LogP contribution is 2.43. The third-order valence-corrected chi connectivity index (χ3v) is 7.16. The van der Waals surface area contributed by atoms with Crippen molar-refractivity contribution in [1.82, 2.24) is 19.9 Å². The van der Waals surface area contributed by atoms with Crippen LogP contribution in [-0.4, -0.2) is 62.6 Å². The molecule has 3 aliphatic rings.